The van der Waals surface area contributed by atoms with E-state index in [1.165, 1.54) is 6.07 Å². The summed E-state index contributed by atoms with van der Waals surface area (Å²) in [5, 5.41) is 21.9. The number of hydrogen-bond donors (Lipinski definition) is 2. The Balaban J connectivity index is 2.21. The van der Waals surface area contributed by atoms with Crippen LogP contribution in [0.3, 0.4) is 0 Å². The fourth-order valence-electron chi connectivity index (χ4n) is 1.52. The number of amides is 1. The van der Waals surface area contributed by atoms with Gasteiger partial charge in [0.15, 0.2) is 11.2 Å². The van der Waals surface area contributed by atoms with Gasteiger partial charge in [-0.3, -0.25) is 4.79 Å². The van der Waals surface area contributed by atoms with Crippen LogP contribution in [0, 0.1) is 0 Å². The van der Waals surface area contributed by atoms with Gasteiger partial charge in [-0.15, -0.1) is 0 Å². The van der Waals surface area contributed by atoms with E-state index in [0.717, 1.165) is 5.01 Å². The Hall–Kier alpha value is -2.35. The number of rotatable bonds is 2. The number of phenols is 1. The topological polar surface area (TPSA) is 104 Å². The number of nitrogens with two attached hydrogens (primary N) is 1. The first-order valence-corrected chi connectivity index (χ1v) is 5.79. The monoisotopic (exact) mass is 277 g/mol. The van der Waals surface area contributed by atoms with E-state index in [1.54, 1.807) is 25.1 Å². The third-order valence-corrected chi connectivity index (χ3v) is 2.64. The van der Waals surface area contributed by atoms with Gasteiger partial charge in [-0.05, 0) is 31.3 Å². The summed E-state index contributed by atoms with van der Waals surface area (Å²) < 4.78 is 0. The molecule has 0 aliphatic carbocycles. The molecule has 1 amide bonds. The molecule has 0 saturated carbocycles. The molecule has 0 aromatic heterocycles. The van der Waals surface area contributed by atoms with Crippen molar-refractivity contribution in [1.29, 1.82) is 0 Å². The second-order valence-electron chi connectivity index (χ2n) is 3.84. The van der Waals surface area contributed by atoms with E-state index in [-0.39, 0.29) is 16.5 Å². The second kappa shape index (κ2) is 5.11. The lowest BCUT2D eigenvalue weighted by Crippen LogP contribution is -2.37. The number of carbonyl (C=O) groups is 1. The van der Waals surface area contributed by atoms with Crippen molar-refractivity contribution in [2.24, 2.45) is 21.1 Å². The first kappa shape index (κ1) is 13.1. The molecule has 98 valence electrons. The second-order valence-corrected chi connectivity index (χ2v) is 4.25. The number of azo groups is 1. The minimum absolute atomic E-state index is 0.0162. The predicted octanol–water partition coefficient (Wildman–Crippen LogP) is 1.31. The van der Waals surface area contributed by atoms with Gasteiger partial charge in [0.05, 0.1) is 5.71 Å². The predicted molar refractivity (Wildman–Crippen MR) is 73.2 cm³/mol. The molecule has 1 aliphatic rings. The van der Waals surface area contributed by atoms with E-state index in [9.17, 15) is 9.90 Å². The summed E-state index contributed by atoms with van der Waals surface area (Å²) in [5.74, 6) is -0.471. The van der Waals surface area contributed by atoms with Crippen molar-refractivity contribution in [2.75, 3.05) is 0 Å². The number of para-hydroxylation sites is 1. The summed E-state index contributed by atoms with van der Waals surface area (Å²) in [6.07, 6.45) is 0. The van der Waals surface area contributed by atoms with Gasteiger partial charge in [0, 0.05) is 0 Å². The largest absolute Gasteiger partial charge is 0.506 e. The highest BCUT2D eigenvalue weighted by Crippen LogP contribution is 2.26. The highest BCUT2D eigenvalue weighted by molar-refractivity contribution is 7.80. The maximum absolute atomic E-state index is 11.9. The highest BCUT2D eigenvalue weighted by atomic mass is 32.1. The number of nitrogens with zero attached hydrogens (tertiary/aromatic N) is 4. The summed E-state index contributed by atoms with van der Waals surface area (Å²) in [4.78, 5) is 11.9. The fraction of sp³-hybridized carbons (Fsp3) is 0.182. The van der Waals surface area contributed by atoms with Gasteiger partial charge in [-0.2, -0.15) is 20.3 Å². The van der Waals surface area contributed by atoms with Crippen LogP contribution in [0.5, 0.6) is 5.75 Å². The molecule has 2 rings (SSSR count). The Morgan fingerprint density at radius 3 is 2.79 bits per heavy atom. The van der Waals surface area contributed by atoms with Crippen molar-refractivity contribution in [2.45, 2.75) is 13.0 Å². The molecule has 19 heavy (non-hydrogen) atoms. The molecule has 0 saturated heterocycles. The molecule has 1 aromatic rings. The first-order chi connectivity index (χ1) is 9.00. The lowest BCUT2D eigenvalue weighted by atomic mass is 10.2. The number of phenolic OH excluding ortho intramolecular Hbond substituents is 1. The van der Waals surface area contributed by atoms with E-state index in [4.69, 9.17) is 18.0 Å². The zero-order valence-corrected chi connectivity index (χ0v) is 10.8. The molecular formula is C11H11N5O2S. The summed E-state index contributed by atoms with van der Waals surface area (Å²) >= 11 is 4.70. The fourth-order valence-corrected chi connectivity index (χ4v) is 1.65. The minimum atomic E-state index is -0.860. The zero-order valence-electron chi connectivity index (χ0n) is 10.0. The molecule has 3 N–H and O–H groups in total. The highest BCUT2D eigenvalue weighted by Gasteiger charge is 2.35. The Kier molecular flexibility index (Phi) is 3.52. The van der Waals surface area contributed by atoms with Crippen molar-refractivity contribution in [1.82, 2.24) is 5.01 Å². The van der Waals surface area contributed by atoms with Crippen LogP contribution in [0.2, 0.25) is 0 Å². The third-order valence-electron chi connectivity index (χ3n) is 2.47. The number of thiocarbonyl (C=S) groups is 1. The SMILES string of the molecule is CC1=NN(C(N)=S)C(=O)[C@H]1N=Nc1ccccc1O. The van der Waals surface area contributed by atoms with Gasteiger partial charge < -0.3 is 10.8 Å². The summed E-state index contributed by atoms with van der Waals surface area (Å²) in [5.41, 5.74) is 6.08. The number of carbonyl (C=O) groups excluding carboxylic acids is 1. The Morgan fingerprint density at radius 1 is 1.53 bits per heavy atom. The molecule has 8 heteroatoms. The maximum atomic E-state index is 11.9. The molecule has 0 fully saturated rings. The molecule has 1 atom stereocenters. The van der Waals surface area contributed by atoms with E-state index in [0.29, 0.717) is 5.71 Å². The number of benzene rings is 1. The van der Waals surface area contributed by atoms with Crippen molar-refractivity contribution in [3.8, 4) is 5.75 Å². The maximum Gasteiger partial charge on any atom is 0.282 e. The number of hydrazone groups is 1. The van der Waals surface area contributed by atoms with E-state index >= 15 is 0 Å². The number of hydrogen-bond acceptors (Lipinski definition) is 6. The van der Waals surface area contributed by atoms with Gasteiger partial charge in [0.2, 0.25) is 0 Å². The van der Waals surface area contributed by atoms with Gasteiger partial charge in [-0.25, -0.2) is 0 Å². The van der Waals surface area contributed by atoms with Crippen LogP contribution in [0.4, 0.5) is 5.69 Å². The average Bonchev–Trinajstić information content (AvgIpc) is 2.65. The van der Waals surface area contributed by atoms with Crippen LogP contribution in [0.1, 0.15) is 6.92 Å². The van der Waals surface area contributed by atoms with E-state index < -0.39 is 11.9 Å². The molecule has 0 unspecified atom stereocenters. The van der Waals surface area contributed by atoms with Gasteiger partial charge in [0.1, 0.15) is 11.4 Å². The van der Waals surface area contributed by atoms with Gasteiger partial charge >= 0.3 is 0 Å². The lowest BCUT2D eigenvalue weighted by Gasteiger charge is -2.08. The molecular weight excluding hydrogens is 266 g/mol. The van der Waals surface area contributed by atoms with Crippen molar-refractivity contribution in [3.63, 3.8) is 0 Å². The Morgan fingerprint density at radius 2 is 2.21 bits per heavy atom. The normalized spacial score (nSPS) is 19.0. The molecule has 1 aliphatic heterocycles. The smallest absolute Gasteiger partial charge is 0.282 e. The summed E-state index contributed by atoms with van der Waals surface area (Å²) in [6, 6.07) is 5.56. The molecule has 1 aromatic carbocycles. The minimum Gasteiger partial charge on any atom is -0.506 e. The van der Waals surface area contributed by atoms with Crippen molar-refractivity contribution in [3.05, 3.63) is 24.3 Å². The molecule has 0 radical (unpaired) electrons. The summed E-state index contributed by atoms with van der Waals surface area (Å²) in [7, 11) is 0. The van der Waals surface area contributed by atoms with E-state index in [2.05, 4.69) is 15.3 Å². The van der Waals surface area contributed by atoms with Crippen LogP contribution in [-0.2, 0) is 4.79 Å². The molecule has 0 bridgehead atoms. The summed E-state index contributed by atoms with van der Waals surface area (Å²) in [6.45, 7) is 1.63. The van der Waals surface area contributed by atoms with Crippen LogP contribution in [0.15, 0.2) is 39.6 Å². The molecule has 1 heterocycles. The zero-order chi connectivity index (χ0) is 14.0. The molecule has 7 nitrogen and oxygen atoms in total. The number of aromatic hydroxyl groups is 1. The molecule has 0 spiro atoms. The van der Waals surface area contributed by atoms with Crippen LogP contribution >= 0.6 is 12.2 Å². The van der Waals surface area contributed by atoms with E-state index in [1.807, 2.05) is 0 Å². The van der Waals surface area contributed by atoms with Gasteiger partial charge in [-0.1, -0.05) is 12.1 Å². The Labute approximate surface area is 114 Å². The Bertz CT molecular complexity index is 599. The third kappa shape index (κ3) is 2.58. The average molecular weight is 277 g/mol. The first-order valence-electron chi connectivity index (χ1n) is 5.38. The van der Waals surface area contributed by atoms with Crippen molar-refractivity contribution < 1.29 is 9.90 Å². The standard InChI is InChI=1S/C11H11N5O2S/c1-6-9(10(18)16(15-6)11(12)19)14-13-7-4-2-3-5-8(7)17/h2-5,9,17H,1H3,(H2,12,19)/t9-/m0/s1. The van der Waals surface area contributed by atoms with Crippen LogP contribution < -0.4 is 5.73 Å². The lowest BCUT2D eigenvalue weighted by molar-refractivity contribution is -0.126. The van der Waals surface area contributed by atoms with Crippen LogP contribution in [-0.4, -0.2) is 32.9 Å². The van der Waals surface area contributed by atoms with Crippen molar-refractivity contribution >= 4 is 34.6 Å². The van der Waals surface area contributed by atoms with Crippen LogP contribution in [0.25, 0.3) is 0 Å². The van der Waals surface area contributed by atoms with Gasteiger partial charge in [0.25, 0.3) is 5.91 Å². The quantitative estimate of drug-likeness (QED) is 0.628.